The van der Waals surface area contributed by atoms with E-state index in [0.29, 0.717) is 11.4 Å². The maximum Gasteiger partial charge on any atom is 0.289 e. The Morgan fingerprint density at radius 2 is 1.80 bits per heavy atom. The normalized spacial score (nSPS) is 14.0. The Bertz CT molecular complexity index is 763. The van der Waals surface area contributed by atoms with Crippen LogP contribution in [-0.2, 0) is 16.1 Å². The lowest BCUT2D eigenvalue weighted by Crippen LogP contribution is -2.27. The van der Waals surface area contributed by atoms with Crippen molar-refractivity contribution in [3.63, 3.8) is 0 Å². The lowest BCUT2D eigenvalue weighted by Gasteiger charge is -2.13. The van der Waals surface area contributed by atoms with Crippen molar-refractivity contribution in [2.75, 3.05) is 16.8 Å². The molecule has 1 saturated heterocycles. The standard InChI is InChI=1S/C18H16N2O3S2/c21-16(11-24-15-4-2-1-3-5-15)19-14-8-6-13(7-9-14)10-20-17(22)12-25-18(20)23/h1-9H,10-12H2,(H,19,21). The van der Waals surface area contributed by atoms with Gasteiger partial charge in [0.05, 0.1) is 18.1 Å². The average molecular weight is 372 g/mol. The summed E-state index contributed by atoms with van der Waals surface area (Å²) in [5.74, 6) is 0.305. The van der Waals surface area contributed by atoms with Crippen LogP contribution in [0.4, 0.5) is 10.5 Å². The SMILES string of the molecule is O=C(CSc1ccccc1)Nc1ccc(CN2C(=O)CSC2=O)cc1. The summed E-state index contributed by atoms with van der Waals surface area (Å²) in [6.07, 6.45) is 0. The summed E-state index contributed by atoms with van der Waals surface area (Å²) in [5, 5.41) is 2.63. The molecule has 0 spiro atoms. The largest absolute Gasteiger partial charge is 0.325 e. The van der Waals surface area contributed by atoms with Crippen molar-refractivity contribution in [1.82, 2.24) is 4.90 Å². The quantitative estimate of drug-likeness (QED) is 0.785. The minimum atomic E-state index is -0.208. The number of hydrogen-bond donors (Lipinski definition) is 1. The predicted octanol–water partition coefficient (Wildman–Crippen LogP) is 3.61. The summed E-state index contributed by atoms with van der Waals surface area (Å²) < 4.78 is 0. The second-order valence-electron chi connectivity index (χ2n) is 5.38. The molecule has 1 heterocycles. The molecule has 7 heteroatoms. The molecule has 0 aliphatic carbocycles. The van der Waals surface area contributed by atoms with Crippen LogP contribution in [0.25, 0.3) is 0 Å². The number of nitrogens with zero attached hydrogens (tertiary/aromatic N) is 1. The molecular weight excluding hydrogens is 356 g/mol. The first-order chi connectivity index (χ1) is 12.1. The summed E-state index contributed by atoms with van der Waals surface area (Å²) in [7, 11) is 0. The summed E-state index contributed by atoms with van der Waals surface area (Å²) in [6.45, 7) is 0.267. The van der Waals surface area contributed by atoms with E-state index >= 15 is 0 Å². The van der Waals surface area contributed by atoms with Gasteiger partial charge in [0.15, 0.2) is 0 Å². The fourth-order valence-electron chi connectivity index (χ4n) is 2.27. The number of nitrogens with one attached hydrogen (secondary N) is 1. The molecule has 3 rings (SSSR count). The fraction of sp³-hybridized carbons (Fsp3) is 0.167. The van der Waals surface area contributed by atoms with Gasteiger partial charge in [-0.1, -0.05) is 42.1 Å². The van der Waals surface area contributed by atoms with Crippen LogP contribution in [0.15, 0.2) is 59.5 Å². The van der Waals surface area contributed by atoms with Gasteiger partial charge in [0, 0.05) is 10.6 Å². The van der Waals surface area contributed by atoms with E-state index in [2.05, 4.69) is 5.32 Å². The molecule has 5 nitrogen and oxygen atoms in total. The molecule has 0 saturated carbocycles. The first kappa shape index (κ1) is 17.6. The van der Waals surface area contributed by atoms with E-state index in [4.69, 9.17) is 0 Å². The molecule has 0 bridgehead atoms. The number of hydrogen-bond acceptors (Lipinski definition) is 5. The topological polar surface area (TPSA) is 66.5 Å². The van der Waals surface area contributed by atoms with Gasteiger partial charge in [-0.25, -0.2) is 0 Å². The molecule has 1 fully saturated rings. The monoisotopic (exact) mass is 372 g/mol. The minimum absolute atomic E-state index is 0.0806. The Kier molecular flexibility index (Phi) is 5.78. The van der Waals surface area contributed by atoms with Crippen molar-refractivity contribution in [3.8, 4) is 0 Å². The zero-order chi connectivity index (χ0) is 17.6. The zero-order valence-corrected chi connectivity index (χ0v) is 14.9. The maximum absolute atomic E-state index is 12.0. The Morgan fingerprint density at radius 1 is 1.08 bits per heavy atom. The van der Waals surface area contributed by atoms with Gasteiger partial charge < -0.3 is 5.32 Å². The number of anilines is 1. The third-order valence-corrected chi connectivity index (χ3v) is 5.40. The van der Waals surface area contributed by atoms with E-state index in [1.165, 1.54) is 16.7 Å². The van der Waals surface area contributed by atoms with Gasteiger partial charge >= 0.3 is 0 Å². The van der Waals surface area contributed by atoms with Crippen LogP contribution >= 0.6 is 23.5 Å². The van der Waals surface area contributed by atoms with E-state index in [9.17, 15) is 14.4 Å². The van der Waals surface area contributed by atoms with Crippen LogP contribution in [0, 0.1) is 0 Å². The second kappa shape index (κ2) is 8.22. The van der Waals surface area contributed by atoms with E-state index < -0.39 is 0 Å². The average Bonchev–Trinajstić information content (AvgIpc) is 2.94. The Balaban J connectivity index is 1.51. The Labute approximate surface area is 154 Å². The van der Waals surface area contributed by atoms with Crippen LogP contribution in [0.5, 0.6) is 0 Å². The summed E-state index contributed by atoms with van der Waals surface area (Å²) in [5.41, 5.74) is 1.54. The number of carbonyl (C=O) groups excluding carboxylic acids is 3. The highest BCUT2D eigenvalue weighted by molar-refractivity contribution is 8.14. The van der Waals surface area contributed by atoms with Crippen molar-refractivity contribution in [1.29, 1.82) is 0 Å². The first-order valence-corrected chi connectivity index (χ1v) is 9.63. The van der Waals surface area contributed by atoms with Crippen LogP contribution in [-0.4, -0.2) is 33.5 Å². The van der Waals surface area contributed by atoms with Crippen LogP contribution in [0.1, 0.15) is 5.56 Å². The Morgan fingerprint density at radius 3 is 2.44 bits per heavy atom. The van der Waals surface area contributed by atoms with E-state index in [-0.39, 0.29) is 29.4 Å². The molecule has 0 unspecified atom stereocenters. The third kappa shape index (κ3) is 4.87. The molecule has 2 aromatic rings. The number of rotatable bonds is 6. The van der Waals surface area contributed by atoms with Gasteiger partial charge in [0.25, 0.3) is 5.24 Å². The molecule has 128 valence electrons. The van der Waals surface area contributed by atoms with Crippen molar-refractivity contribution >= 4 is 46.3 Å². The predicted molar refractivity (Wildman–Crippen MR) is 101 cm³/mol. The molecular formula is C18H16N2O3S2. The molecule has 3 amide bonds. The zero-order valence-electron chi connectivity index (χ0n) is 13.3. The highest BCUT2D eigenvalue weighted by Gasteiger charge is 2.29. The summed E-state index contributed by atoms with van der Waals surface area (Å²) >= 11 is 2.50. The highest BCUT2D eigenvalue weighted by atomic mass is 32.2. The first-order valence-electron chi connectivity index (χ1n) is 7.65. The molecule has 0 atom stereocenters. The van der Waals surface area contributed by atoms with Crippen molar-refractivity contribution in [2.45, 2.75) is 11.4 Å². The van der Waals surface area contributed by atoms with Gasteiger partial charge in [-0.05, 0) is 29.8 Å². The van der Waals surface area contributed by atoms with E-state index in [1.807, 2.05) is 42.5 Å². The van der Waals surface area contributed by atoms with Gasteiger partial charge in [0.1, 0.15) is 0 Å². The lowest BCUT2D eigenvalue weighted by molar-refractivity contribution is -0.125. The van der Waals surface area contributed by atoms with Crippen LogP contribution < -0.4 is 5.32 Å². The van der Waals surface area contributed by atoms with Gasteiger partial charge in [-0.15, -0.1) is 11.8 Å². The number of carbonyl (C=O) groups is 3. The summed E-state index contributed by atoms with van der Waals surface area (Å²) in [4.78, 5) is 37.5. The van der Waals surface area contributed by atoms with E-state index in [0.717, 1.165) is 22.2 Å². The molecule has 1 N–H and O–H groups in total. The van der Waals surface area contributed by atoms with Crippen molar-refractivity contribution < 1.29 is 14.4 Å². The molecule has 0 aromatic heterocycles. The smallest absolute Gasteiger partial charge is 0.289 e. The molecule has 25 heavy (non-hydrogen) atoms. The van der Waals surface area contributed by atoms with Gasteiger partial charge in [-0.2, -0.15) is 0 Å². The van der Waals surface area contributed by atoms with E-state index in [1.54, 1.807) is 12.1 Å². The number of benzene rings is 2. The number of thioether (sulfide) groups is 2. The number of amides is 3. The minimum Gasteiger partial charge on any atom is -0.325 e. The van der Waals surface area contributed by atoms with Crippen molar-refractivity contribution in [3.05, 3.63) is 60.2 Å². The lowest BCUT2D eigenvalue weighted by atomic mass is 10.2. The van der Waals surface area contributed by atoms with Crippen molar-refractivity contribution in [2.24, 2.45) is 0 Å². The third-order valence-electron chi connectivity index (χ3n) is 3.53. The maximum atomic E-state index is 12.0. The summed E-state index contributed by atoms with van der Waals surface area (Å²) in [6, 6.07) is 16.9. The molecule has 1 aliphatic heterocycles. The highest BCUT2D eigenvalue weighted by Crippen LogP contribution is 2.22. The molecule has 2 aromatic carbocycles. The molecule has 0 radical (unpaired) electrons. The van der Waals surface area contributed by atoms with Crippen LogP contribution in [0.3, 0.4) is 0 Å². The fourth-order valence-corrected chi connectivity index (χ4v) is 3.72. The second-order valence-corrected chi connectivity index (χ2v) is 7.36. The van der Waals surface area contributed by atoms with Crippen LogP contribution in [0.2, 0.25) is 0 Å². The Hall–Kier alpha value is -2.25. The molecule has 1 aliphatic rings. The van der Waals surface area contributed by atoms with Gasteiger partial charge in [-0.3, -0.25) is 19.3 Å². The number of imide groups is 1. The van der Waals surface area contributed by atoms with Gasteiger partial charge in [0.2, 0.25) is 11.8 Å².